The van der Waals surface area contributed by atoms with Crippen LogP contribution in [0.2, 0.25) is 0 Å². The summed E-state index contributed by atoms with van der Waals surface area (Å²) in [7, 11) is 0. The van der Waals surface area contributed by atoms with Gasteiger partial charge in [0.1, 0.15) is 5.70 Å². The number of aliphatic imine (C=N–C) groups is 1. The fourth-order valence-electron chi connectivity index (χ4n) is 3.05. The number of rotatable bonds is 6. The van der Waals surface area contributed by atoms with E-state index in [0.29, 0.717) is 6.04 Å². The molecule has 6 nitrogen and oxygen atoms in total. The fourth-order valence-corrected chi connectivity index (χ4v) is 3.05. The van der Waals surface area contributed by atoms with Crippen molar-refractivity contribution in [3.8, 4) is 0 Å². The quantitative estimate of drug-likeness (QED) is 0.786. The normalized spacial score (nSPS) is 19.2. The lowest BCUT2D eigenvalue weighted by Gasteiger charge is -2.18. The first-order valence-corrected chi connectivity index (χ1v) is 8.99. The van der Waals surface area contributed by atoms with Crippen LogP contribution in [0.15, 0.2) is 59.4 Å². The average Bonchev–Trinajstić information content (AvgIpc) is 3.30. The van der Waals surface area contributed by atoms with E-state index in [1.54, 1.807) is 0 Å². The van der Waals surface area contributed by atoms with Crippen molar-refractivity contribution in [2.75, 3.05) is 13.1 Å². The number of nitrogens with one attached hydrogen (secondary N) is 2. The van der Waals surface area contributed by atoms with Crippen LogP contribution in [0.3, 0.4) is 0 Å². The molecule has 0 aliphatic carbocycles. The van der Waals surface area contributed by atoms with Gasteiger partial charge in [-0.3, -0.25) is 4.40 Å². The Labute approximate surface area is 154 Å². The molecule has 2 aromatic rings. The fraction of sp³-hybridized carbons (Fsp3) is 0.350. The SMILES string of the molecule is C=C(C)C(=N/C(=C\C)c1nnc2ccccn12)/C(=C\C)N[C@@H]1CCNC1. The molecule has 2 aromatic heterocycles. The number of aromatic nitrogens is 3. The molecule has 3 heterocycles. The summed E-state index contributed by atoms with van der Waals surface area (Å²) in [6.07, 6.45) is 7.06. The van der Waals surface area contributed by atoms with Crippen molar-refractivity contribution in [1.29, 1.82) is 0 Å². The van der Waals surface area contributed by atoms with Crippen molar-refractivity contribution in [3.05, 3.63) is 60.2 Å². The Balaban J connectivity index is 1.97. The van der Waals surface area contributed by atoms with Crippen LogP contribution in [0, 0.1) is 0 Å². The van der Waals surface area contributed by atoms with Crippen molar-refractivity contribution >= 4 is 17.1 Å². The minimum atomic E-state index is 0.411. The number of pyridine rings is 1. The zero-order valence-electron chi connectivity index (χ0n) is 15.7. The van der Waals surface area contributed by atoms with Gasteiger partial charge in [0.05, 0.1) is 11.4 Å². The van der Waals surface area contributed by atoms with E-state index in [1.807, 2.05) is 55.6 Å². The molecule has 1 fully saturated rings. The van der Waals surface area contributed by atoms with Gasteiger partial charge in [0, 0.05) is 18.8 Å². The van der Waals surface area contributed by atoms with Gasteiger partial charge in [-0.15, -0.1) is 10.2 Å². The van der Waals surface area contributed by atoms with Crippen molar-refractivity contribution in [2.45, 2.75) is 33.2 Å². The summed E-state index contributed by atoms with van der Waals surface area (Å²) < 4.78 is 1.94. The van der Waals surface area contributed by atoms with Crippen LogP contribution in [0.5, 0.6) is 0 Å². The monoisotopic (exact) mass is 350 g/mol. The lowest BCUT2D eigenvalue weighted by Crippen LogP contribution is -2.33. The molecule has 3 rings (SSSR count). The van der Waals surface area contributed by atoms with Gasteiger partial charge in [-0.1, -0.05) is 24.8 Å². The first-order chi connectivity index (χ1) is 12.6. The van der Waals surface area contributed by atoms with Crippen molar-refractivity contribution in [2.24, 2.45) is 4.99 Å². The minimum Gasteiger partial charge on any atom is -0.379 e. The lowest BCUT2D eigenvalue weighted by atomic mass is 10.1. The molecule has 1 aliphatic heterocycles. The Morgan fingerprint density at radius 1 is 1.35 bits per heavy atom. The largest absolute Gasteiger partial charge is 0.379 e. The molecule has 0 radical (unpaired) electrons. The van der Waals surface area contributed by atoms with Crippen molar-refractivity contribution in [3.63, 3.8) is 0 Å². The Kier molecular flexibility index (Phi) is 5.63. The van der Waals surface area contributed by atoms with E-state index in [-0.39, 0.29) is 0 Å². The first kappa shape index (κ1) is 18.1. The number of fused-ring (bicyclic) bond motifs is 1. The second kappa shape index (κ2) is 8.10. The molecule has 6 heteroatoms. The summed E-state index contributed by atoms with van der Waals surface area (Å²) in [5, 5.41) is 15.5. The molecule has 26 heavy (non-hydrogen) atoms. The van der Waals surface area contributed by atoms with E-state index in [9.17, 15) is 0 Å². The maximum absolute atomic E-state index is 4.90. The molecule has 0 saturated carbocycles. The van der Waals surface area contributed by atoms with E-state index >= 15 is 0 Å². The van der Waals surface area contributed by atoms with Crippen LogP contribution < -0.4 is 10.6 Å². The van der Waals surface area contributed by atoms with Gasteiger partial charge in [0.15, 0.2) is 11.5 Å². The molecule has 1 atom stereocenters. The van der Waals surface area contributed by atoms with Crippen LogP contribution in [0.25, 0.3) is 11.3 Å². The summed E-state index contributed by atoms with van der Waals surface area (Å²) in [4.78, 5) is 4.90. The van der Waals surface area contributed by atoms with Crippen LogP contribution in [0.4, 0.5) is 0 Å². The zero-order valence-corrected chi connectivity index (χ0v) is 15.7. The zero-order chi connectivity index (χ0) is 18.5. The molecule has 1 aliphatic rings. The Morgan fingerprint density at radius 3 is 2.85 bits per heavy atom. The van der Waals surface area contributed by atoms with Gasteiger partial charge in [0.2, 0.25) is 0 Å². The molecule has 2 N–H and O–H groups in total. The van der Waals surface area contributed by atoms with E-state index in [2.05, 4.69) is 33.5 Å². The lowest BCUT2D eigenvalue weighted by molar-refractivity contribution is 0.626. The molecule has 0 spiro atoms. The van der Waals surface area contributed by atoms with E-state index in [4.69, 9.17) is 4.99 Å². The second-order valence-electron chi connectivity index (χ2n) is 6.40. The van der Waals surface area contributed by atoms with E-state index < -0.39 is 0 Å². The van der Waals surface area contributed by atoms with Crippen molar-refractivity contribution in [1.82, 2.24) is 25.2 Å². The number of hydrogen-bond donors (Lipinski definition) is 2. The summed E-state index contributed by atoms with van der Waals surface area (Å²) in [5.41, 5.74) is 4.33. The second-order valence-corrected chi connectivity index (χ2v) is 6.40. The summed E-state index contributed by atoms with van der Waals surface area (Å²) >= 11 is 0. The standard InChI is InChI=1S/C20H26N6/c1-5-16(22-15-10-11-21-13-15)19(14(3)4)23-17(6-2)20-25-24-18-9-7-8-12-26(18)20/h5-9,12,15,21-22H,3,10-11,13H2,1-2,4H3/b16-5+,17-6-,23-19-/t15-/m1/s1. The van der Waals surface area contributed by atoms with Crippen LogP contribution >= 0.6 is 0 Å². The Morgan fingerprint density at radius 2 is 2.19 bits per heavy atom. The highest BCUT2D eigenvalue weighted by atomic mass is 15.3. The van der Waals surface area contributed by atoms with E-state index in [1.165, 1.54) is 0 Å². The maximum atomic E-state index is 4.90. The third kappa shape index (κ3) is 3.75. The molecule has 136 valence electrons. The van der Waals surface area contributed by atoms with Gasteiger partial charge < -0.3 is 10.6 Å². The first-order valence-electron chi connectivity index (χ1n) is 8.99. The predicted molar refractivity (Wildman–Crippen MR) is 107 cm³/mol. The highest BCUT2D eigenvalue weighted by Gasteiger charge is 2.18. The maximum Gasteiger partial charge on any atom is 0.186 e. The summed E-state index contributed by atoms with van der Waals surface area (Å²) in [6, 6.07) is 6.25. The minimum absolute atomic E-state index is 0.411. The molecule has 0 bridgehead atoms. The molecule has 0 amide bonds. The number of allylic oxidation sites excluding steroid dienone is 3. The highest BCUT2D eigenvalue weighted by molar-refractivity contribution is 6.13. The third-order valence-corrected chi connectivity index (χ3v) is 4.42. The summed E-state index contributed by atoms with van der Waals surface area (Å²) in [6.45, 7) is 12.1. The van der Waals surface area contributed by atoms with Gasteiger partial charge in [0.25, 0.3) is 0 Å². The molecular formula is C20H26N6. The molecule has 1 saturated heterocycles. The van der Waals surface area contributed by atoms with Gasteiger partial charge in [-0.2, -0.15) is 0 Å². The van der Waals surface area contributed by atoms with Crippen LogP contribution in [0.1, 0.15) is 33.0 Å². The average molecular weight is 350 g/mol. The smallest absolute Gasteiger partial charge is 0.186 e. The van der Waals surface area contributed by atoms with Crippen LogP contribution in [-0.4, -0.2) is 39.4 Å². The molecule has 0 unspecified atom stereocenters. The number of nitrogens with zero attached hydrogens (tertiary/aromatic N) is 4. The van der Waals surface area contributed by atoms with Gasteiger partial charge in [-0.25, -0.2) is 4.99 Å². The van der Waals surface area contributed by atoms with Gasteiger partial charge in [-0.05, 0) is 51.4 Å². The van der Waals surface area contributed by atoms with Crippen LogP contribution in [-0.2, 0) is 0 Å². The molecule has 0 aromatic carbocycles. The third-order valence-electron chi connectivity index (χ3n) is 4.42. The Hall–Kier alpha value is -2.73. The number of hydrogen-bond acceptors (Lipinski definition) is 5. The van der Waals surface area contributed by atoms with E-state index in [0.717, 1.165) is 53.7 Å². The summed E-state index contributed by atoms with van der Waals surface area (Å²) in [5.74, 6) is 0.722. The Bertz CT molecular complexity index is 881. The highest BCUT2D eigenvalue weighted by Crippen LogP contribution is 2.19. The molecular weight excluding hydrogens is 324 g/mol. The topological polar surface area (TPSA) is 66.6 Å². The van der Waals surface area contributed by atoms with Crippen molar-refractivity contribution < 1.29 is 0 Å². The van der Waals surface area contributed by atoms with Gasteiger partial charge >= 0.3 is 0 Å². The predicted octanol–water partition coefficient (Wildman–Crippen LogP) is 2.96.